The Kier molecular flexibility index (Phi) is 7.22. The van der Waals surface area contributed by atoms with Crippen LogP contribution < -0.4 is 10.6 Å². The number of carbonyl (C=O) groups is 1. The molecule has 3 aliphatic rings. The topological polar surface area (TPSA) is 114 Å². The number of rotatable bonds is 8. The second-order valence-corrected chi connectivity index (χ2v) is 9.61. The molecule has 1 aromatic carbocycles. The minimum absolute atomic E-state index is 0.0904. The van der Waals surface area contributed by atoms with Gasteiger partial charge >= 0.3 is 6.18 Å². The van der Waals surface area contributed by atoms with Crippen LogP contribution in [0.5, 0.6) is 0 Å². The molecule has 2 aromatic rings. The van der Waals surface area contributed by atoms with Crippen LogP contribution in [0.25, 0.3) is 0 Å². The number of fused-ring (bicyclic) bond motifs is 3. The molecule has 0 spiro atoms. The highest BCUT2D eigenvalue weighted by molar-refractivity contribution is 5.99. The predicted molar refractivity (Wildman–Crippen MR) is 126 cm³/mol. The van der Waals surface area contributed by atoms with Gasteiger partial charge in [-0.05, 0) is 37.8 Å². The van der Waals surface area contributed by atoms with E-state index in [0.717, 1.165) is 0 Å². The number of alkyl halides is 3. The number of carbonyl (C=O) groups excluding carboxylic acids is 1. The van der Waals surface area contributed by atoms with Gasteiger partial charge in [0.2, 0.25) is 11.7 Å². The van der Waals surface area contributed by atoms with Gasteiger partial charge in [0.15, 0.2) is 5.84 Å². The van der Waals surface area contributed by atoms with Gasteiger partial charge in [-0.15, -0.1) is 0 Å². The summed E-state index contributed by atoms with van der Waals surface area (Å²) < 4.78 is 58.2. The van der Waals surface area contributed by atoms with Crippen LogP contribution in [-0.2, 0) is 21.3 Å². The molecule has 1 amide bonds. The molecular weight excluding hydrogens is 494 g/mol. The molecule has 0 atom stereocenters. The van der Waals surface area contributed by atoms with Crippen LogP contribution in [0.1, 0.15) is 55.5 Å². The Morgan fingerprint density at radius 3 is 2.41 bits per heavy atom. The fraction of sp³-hybridized carbons (Fsp3) is 0.440. The van der Waals surface area contributed by atoms with Crippen molar-refractivity contribution in [2.24, 2.45) is 16.3 Å². The second kappa shape index (κ2) is 10.1. The van der Waals surface area contributed by atoms with Gasteiger partial charge in [0.25, 0.3) is 0 Å². The summed E-state index contributed by atoms with van der Waals surface area (Å²) in [7, 11) is 0. The van der Waals surface area contributed by atoms with Crippen molar-refractivity contribution in [2.45, 2.75) is 50.3 Å². The maximum Gasteiger partial charge on any atom is 0.451 e. The number of oxime groups is 1. The van der Waals surface area contributed by atoms with E-state index in [1.54, 1.807) is 29.2 Å². The van der Waals surface area contributed by atoms with Gasteiger partial charge in [-0.25, -0.2) is 14.4 Å². The molecule has 2 saturated heterocycles. The zero-order valence-electron chi connectivity index (χ0n) is 20.0. The molecule has 1 aromatic heterocycles. The van der Waals surface area contributed by atoms with Gasteiger partial charge in [0.05, 0.1) is 18.0 Å². The molecule has 3 N–H and O–H groups in total. The molecule has 1 aliphatic carbocycles. The lowest BCUT2D eigenvalue weighted by atomic mass is 9.64. The number of ether oxygens (including phenoxy) is 1. The molecule has 2 aliphatic heterocycles. The molecule has 12 heteroatoms. The third-order valence-electron chi connectivity index (χ3n) is 7.17. The SMILES string of the molecule is C=C(F)CCC(=O)N(CC12CCC(c3cnc(C(F)(F)F)nc3)(CC1)OC2)c1cccc(/C(N)=N/O)c1. The van der Waals surface area contributed by atoms with E-state index < -0.39 is 28.8 Å². The average Bonchev–Trinajstić information content (AvgIpc) is 2.90. The van der Waals surface area contributed by atoms with Crippen LogP contribution in [0.2, 0.25) is 0 Å². The number of nitrogens with two attached hydrogens (primary N) is 1. The summed E-state index contributed by atoms with van der Waals surface area (Å²) in [6.07, 6.45) is -0.145. The lowest BCUT2D eigenvalue weighted by Gasteiger charge is -2.54. The number of amides is 1. The van der Waals surface area contributed by atoms with E-state index in [4.69, 9.17) is 15.7 Å². The quantitative estimate of drug-likeness (QED) is 0.172. The number of hydrogen-bond donors (Lipinski definition) is 2. The molecule has 8 nitrogen and oxygen atoms in total. The van der Waals surface area contributed by atoms with E-state index >= 15 is 0 Å². The highest BCUT2D eigenvalue weighted by Crippen LogP contribution is 2.54. The van der Waals surface area contributed by atoms with Gasteiger partial charge in [0, 0.05) is 54.0 Å². The van der Waals surface area contributed by atoms with Gasteiger partial charge in [0.1, 0.15) is 0 Å². The molecular formula is C25H27F4N5O3. The number of hydrogen-bond acceptors (Lipinski definition) is 6. The van der Waals surface area contributed by atoms with E-state index in [2.05, 4.69) is 21.7 Å². The zero-order valence-corrected chi connectivity index (χ0v) is 20.0. The first-order chi connectivity index (χ1) is 17.5. The zero-order chi connectivity index (χ0) is 26.8. The van der Waals surface area contributed by atoms with Crippen molar-refractivity contribution in [3.8, 4) is 0 Å². The van der Waals surface area contributed by atoms with Crippen molar-refractivity contribution in [1.82, 2.24) is 9.97 Å². The van der Waals surface area contributed by atoms with Gasteiger partial charge < -0.3 is 20.6 Å². The van der Waals surface area contributed by atoms with E-state index in [1.807, 2.05) is 0 Å². The predicted octanol–water partition coefficient (Wildman–Crippen LogP) is 4.67. The summed E-state index contributed by atoms with van der Waals surface area (Å²) in [5.41, 5.74) is 5.95. The Morgan fingerprint density at radius 1 is 1.19 bits per heavy atom. The number of nitrogens with zero attached hydrogens (tertiary/aromatic N) is 4. The minimum atomic E-state index is -4.62. The molecule has 3 fully saturated rings. The molecule has 198 valence electrons. The van der Waals surface area contributed by atoms with Crippen LogP contribution in [0.15, 0.2) is 54.2 Å². The number of benzene rings is 1. The maximum atomic E-state index is 13.3. The number of anilines is 1. The summed E-state index contributed by atoms with van der Waals surface area (Å²) in [6.45, 7) is 3.78. The third kappa shape index (κ3) is 5.58. The monoisotopic (exact) mass is 521 g/mol. The summed E-state index contributed by atoms with van der Waals surface area (Å²) in [5, 5.41) is 12.0. The molecule has 0 unspecified atom stereocenters. The summed E-state index contributed by atoms with van der Waals surface area (Å²) >= 11 is 0. The van der Waals surface area contributed by atoms with Gasteiger partial charge in [-0.3, -0.25) is 4.79 Å². The van der Waals surface area contributed by atoms with Crippen molar-refractivity contribution in [1.29, 1.82) is 0 Å². The fourth-order valence-electron chi connectivity index (χ4n) is 4.98. The van der Waals surface area contributed by atoms with Crippen molar-refractivity contribution in [3.05, 3.63) is 66.0 Å². The summed E-state index contributed by atoms with van der Waals surface area (Å²) in [5.74, 6) is -2.23. The van der Waals surface area contributed by atoms with E-state index in [-0.39, 0.29) is 37.7 Å². The number of aromatic nitrogens is 2. The first kappa shape index (κ1) is 26.5. The largest absolute Gasteiger partial charge is 0.451 e. The smallest absolute Gasteiger partial charge is 0.409 e. The lowest BCUT2D eigenvalue weighted by Crippen LogP contribution is -2.54. The third-order valence-corrected chi connectivity index (χ3v) is 7.17. The molecule has 3 heterocycles. The molecule has 2 bridgehead atoms. The molecule has 37 heavy (non-hydrogen) atoms. The van der Waals surface area contributed by atoms with E-state index in [0.29, 0.717) is 42.5 Å². The number of allylic oxidation sites excluding steroid dienone is 1. The Labute approximate surface area is 210 Å². The first-order valence-electron chi connectivity index (χ1n) is 11.7. The maximum absolute atomic E-state index is 13.3. The van der Waals surface area contributed by atoms with Crippen molar-refractivity contribution in [3.63, 3.8) is 0 Å². The van der Waals surface area contributed by atoms with Crippen LogP contribution in [0.3, 0.4) is 0 Å². The fourth-order valence-corrected chi connectivity index (χ4v) is 4.98. The highest BCUT2D eigenvalue weighted by atomic mass is 19.4. The Bertz CT molecular complexity index is 1180. The van der Waals surface area contributed by atoms with Crippen molar-refractivity contribution >= 4 is 17.4 Å². The van der Waals surface area contributed by atoms with Crippen LogP contribution in [-0.4, -0.2) is 40.1 Å². The number of halogens is 4. The highest BCUT2D eigenvalue weighted by Gasteiger charge is 2.52. The van der Waals surface area contributed by atoms with Crippen molar-refractivity contribution < 1.29 is 32.3 Å². The lowest BCUT2D eigenvalue weighted by molar-refractivity contribution is -0.187. The second-order valence-electron chi connectivity index (χ2n) is 9.61. The van der Waals surface area contributed by atoms with E-state index in [9.17, 15) is 22.4 Å². The average molecular weight is 522 g/mol. The van der Waals surface area contributed by atoms with Crippen molar-refractivity contribution in [2.75, 3.05) is 18.1 Å². The van der Waals surface area contributed by atoms with E-state index in [1.165, 1.54) is 12.4 Å². The Balaban J connectivity index is 1.55. The first-order valence-corrected chi connectivity index (χ1v) is 11.7. The molecule has 5 rings (SSSR count). The van der Waals surface area contributed by atoms with Crippen LogP contribution in [0.4, 0.5) is 23.2 Å². The summed E-state index contributed by atoms with van der Waals surface area (Å²) in [6, 6.07) is 6.63. The van der Waals surface area contributed by atoms with Crippen LogP contribution in [0, 0.1) is 5.41 Å². The Hall–Kier alpha value is -3.54. The molecule has 0 radical (unpaired) electrons. The Morgan fingerprint density at radius 2 is 1.86 bits per heavy atom. The normalized spacial score (nSPS) is 23.6. The number of amidine groups is 1. The van der Waals surface area contributed by atoms with Crippen LogP contribution >= 0.6 is 0 Å². The molecule has 1 saturated carbocycles. The standard InChI is InChI=1S/C25H27F4N5O3/c1-16(26)5-6-20(35)34(19-4-2-3-17(11-19)21(30)33-36)14-23-7-9-24(10-8-23,37-15-23)18-12-31-22(32-13-18)25(27,28)29/h2-4,11-13,36H,1,5-10,14-15H2,(H2,30,33). The van der Waals surface area contributed by atoms with Gasteiger partial charge in [-0.2, -0.15) is 13.2 Å². The minimum Gasteiger partial charge on any atom is -0.409 e. The summed E-state index contributed by atoms with van der Waals surface area (Å²) in [4.78, 5) is 21.7. The van der Waals surface area contributed by atoms with Gasteiger partial charge in [-0.1, -0.05) is 23.9 Å².